The topological polar surface area (TPSA) is 68.0 Å². The predicted octanol–water partition coefficient (Wildman–Crippen LogP) is -0.130. The van der Waals surface area contributed by atoms with Gasteiger partial charge in [-0.15, -0.1) is 0 Å². The van der Waals surface area contributed by atoms with Crippen molar-refractivity contribution in [3.8, 4) is 0 Å². The van der Waals surface area contributed by atoms with E-state index in [1.165, 1.54) is 0 Å². The van der Waals surface area contributed by atoms with Crippen LogP contribution in [0.15, 0.2) is 24.5 Å². The van der Waals surface area contributed by atoms with E-state index in [0.29, 0.717) is 6.54 Å². The van der Waals surface area contributed by atoms with Gasteiger partial charge in [0.25, 0.3) is 0 Å². The van der Waals surface area contributed by atoms with Crippen molar-refractivity contribution in [3.63, 3.8) is 0 Å². The van der Waals surface area contributed by atoms with E-state index in [1.54, 1.807) is 25.5 Å². The molecular weight excluding hydrogens is 166 g/mol. The summed E-state index contributed by atoms with van der Waals surface area (Å²) < 4.78 is 0. The number of aromatic nitrogens is 1. The Morgan fingerprint density at radius 1 is 1.77 bits per heavy atom. The van der Waals surface area contributed by atoms with Crippen LogP contribution in [0, 0.1) is 0 Å². The molecule has 0 fully saturated rings. The maximum atomic E-state index is 11.3. The maximum absolute atomic E-state index is 11.3. The van der Waals surface area contributed by atoms with Gasteiger partial charge in [0.05, 0.1) is 5.92 Å². The Kier molecular flexibility index (Phi) is 3.40. The number of amides is 1. The zero-order valence-electron chi connectivity index (χ0n) is 7.53. The monoisotopic (exact) mass is 179 g/mol. The molecule has 0 unspecified atom stereocenters. The fraction of sp³-hybridized carbons (Fsp3) is 0.333. The lowest BCUT2D eigenvalue weighted by atomic mass is 10.0. The molecule has 4 nitrogen and oxygen atoms in total. The minimum atomic E-state index is -0.293. The van der Waals surface area contributed by atoms with Crippen LogP contribution in [-0.4, -0.2) is 24.5 Å². The third kappa shape index (κ3) is 2.26. The minimum Gasteiger partial charge on any atom is -0.359 e. The van der Waals surface area contributed by atoms with Gasteiger partial charge in [-0.2, -0.15) is 0 Å². The van der Waals surface area contributed by atoms with Gasteiger partial charge in [0.1, 0.15) is 0 Å². The Bertz CT molecular complexity index is 273. The van der Waals surface area contributed by atoms with Gasteiger partial charge in [0, 0.05) is 26.0 Å². The summed E-state index contributed by atoms with van der Waals surface area (Å²) in [5.74, 6) is -0.366. The van der Waals surface area contributed by atoms with Crippen LogP contribution >= 0.6 is 0 Å². The van der Waals surface area contributed by atoms with Crippen molar-refractivity contribution in [2.24, 2.45) is 5.73 Å². The smallest absolute Gasteiger partial charge is 0.228 e. The van der Waals surface area contributed by atoms with E-state index in [-0.39, 0.29) is 11.8 Å². The van der Waals surface area contributed by atoms with Gasteiger partial charge in [-0.05, 0) is 11.6 Å². The lowest BCUT2D eigenvalue weighted by Gasteiger charge is -2.12. The highest BCUT2D eigenvalue weighted by atomic mass is 16.1. The zero-order valence-corrected chi connectivity index (χ0v) is 7.53. The van der Waals surface area contributed by atoms with Crippen molar-refractivity contribution in [3.05, 3.63) is 30.1 Å². The Balaban J connectivity index is 2.85. The number of carbonyl (C=O) groups excluding carboxylic acids is 1. The molecule has 1 heterocycles. The first-order valence-electron chi connectivity index (χ1n) is 4.11. The number of carbonyl (C=O) groups is 1. The first-order chi connectivity index (χ1) is 6.29. The highest BCUT2D eigenvalue weighted by molar-refractivity contribution is 5.83. The molecule has 1 rings (SSSR count). The molecule has 1 aromatic heterocycles. The molecule has 70 valence electrons. The summed E-state index contributed by atoms with van der Waals surface area (Å²) >= 11 is 0. The van der Waals surface area contributed by atoms with E-state index in [2.05, 4.69) is 10.3 Å². The Hall–Kier alpha value is -1.42. The Labute approximate surface area is 77.2 Å². The van der Waals surface area contributed by atoms with Gasteiger partial charge in [0.2, 0.25) is 5.91 Å². The largest absolute Gasteiger partial charge is 0.359 e. The second-order valence-electron chi connectivity index (χ2n) is 2.69. The standard InChI is InChI=1S/C9H13N3O/c1-11-9(13)8(5-10)7-3-2-4-12-6-7/h2-4,6,8H,5,10H2,1H3,(H,11,13)/t8-/m1/s1. The van der Waals surface area contributed by atoms with E-state index in [0.717, 1.165) is 5.56 Å². The Morgan fingerprint density at radius 3 is 3.00 bits per heavy atom. The second-order valence-corrected chi connectivity index (χ2v) is 2.69. The lowest BCUT2D eigenvalue weighted by Crippen LogP contribution is -2.30. The van der Waals surface area contributed by atoms with Crippen LogP contribution in [0.1, 0.15) is 11.5 Å². The van der Waals surface area contributed by atoms with Crippen molar-refractivity contribution in [1.82, 2.24) is 10.3 Å². The highest BCUT2D eigenvalue weighted by Gasteiger charge is 2.16. The van der Waals surface area contributed by atoms with Crippen LogP contribution in [0.4, 0.5) is 0 Å². The first-order valence-corrected chi connectivity index (χ1v) is 4.11. The summed E-state index contributed by atoms with van der Waals surface area (Å²) in [6, 6.07) is 3.64. The molecule has 4 heteroatoms. The molecule has 0 bridgehead atoms. The van der Waals surface area contributed by atoms with Gasteiger partial charge in [-0.25, -0.2) is 0 Å². The highest BCUT2D eigenvalue weighted by Crippen LogP contribution is 2.12. The number of rotatable bonds is 3. The molecule has 13 heavy (non-hydrogen) atoms. The maximum Gasteiger partial charge on any atom is 0.228 e. The summed E-state index contributed by atoms with van der Waals surface area (Å²) in [5.41, 5.74) is 6.34. The van der Waals surface area contributed by atoms with Crippen molar-refractivity contribution >= 4 is 5.91 Å². The molecule has 0 aliphatic rings. The van der Waals surface area contributed by atoms with Crippen molar-refractivity contribution in [2.45, 2.75) is 5.92 Å². The van der Waals surface area contributed by atoms with Crippen molar-refractivity contribution < 1.29 is 4.79 Å². The van der Waals surface area contributed by atoms with Crippen molar-refractivity contribution in [2.75, 3.05) is 13.6 Å². The van der Waals surface area contributed by atoms with Crippen LogP contribution in [0.5, 0.6) is 0 Å². The molecule has 0 aliphatic heterocycles. The summed E-state index contributed by atoms with van der Waals surface area (Å²) in [6.07, 6.45) is 3.33. The predicted molar refractivity (Wildman–Crippen MR) is 50.1 cm³/mol. The average molecular weight is 179 g/mol. The molecule has 0 aliphatic carbocycles. The molecular formula is C9H13N3O. The molecule has 0 aromatic carbocycles. The van der Waals surface area contributed by atoms with Crippen LogP contribution in [0.3, 0.4) is 0 Å². The number of nitrogens with one attached hydrogen (secondary N) is 1. The normalized spacial score (nSPS) is 12.2. The van der Waals surface area contributed by atoms with E-state index in [1.807, 2.05) is 6.07 Å². The van der Waals surface area contributed by atoms with Gasteiger partial charge in [-0.3, -0.25) is 9.78 Å². The minimum absolute atomic E-state index is 0.0736. The summed E-state index contributed by atoms with van der Waals surface area (Å²) in [5, 5.41) is 2.57. The molecule has 0 saturated carbocycles. The fourth-order valence-corrected chi connectivity index (χ4v) is 1.15. The quantitative estimate of drug-likeness (QED) is 0.679. The molecule has 0 spiro atoms. The number of nitrogens with zero attached hydrogens (tertiary/aromatic N) is 1. The van der Waals surface area contributed by atoms with Gasteiger partial charge in [0.15, 0.2) is 0 Å². The summed E-state index contributed by atoms with van der Waals surface area (Å²) in [4.78, 5) is 15.3. The number of hydrogen-bond donors (Lipinski definition) is 2. The molecule has 0 radical (unpaired) electrons. The third-order valence-electron chi connectivity index (χ3n) is 1.89. The van der Waals surface area contributed by atoms with Gasteiger partial charge < -0.3 is 11.1 Å². The number of pyridine rings is 1. The lowest BCUT2D eigenvalue weighted by molar-refractivity contribution is -0.121. The average Bonchev–Trinajstić information content (AvgIpc) is 2.20. The van der Waals surface area contributed by atoms with E-state index >= 15 is 0 Å². The summed E-state index contributed by atoms with van der Waals surface area (Å²) in [6.45, 7) is 0.297. The van der Waals surface area contributed by atoms with Crippen molar-refractivity contribution in [1.29, 1.82) is 0 Å². The SMILES string of the molecule is CNC(=O)[C@H](CN)c1cccnc1. The summed E-state index contributed by atoms with van der Waals surface area (Å²) in [7, 11) is 1.60. The van der Waals surface area contributed by atoms with E-state index < -0.39 is 0 Å². The number of likely N-dealkylation sites (N-methyl/N-ethyl adjacent to an activating group) is 1. The van der Waals surface area contributed by atoms with Crippen LogP contribution in [0.2, 0.25) is 0 Å². The Morgan fingerprint density at radius 2 is 2.54 bits per heavy atom. The number of hydrogen-bond acceptors (Lipinski definition) is 3. The second kappa shape index (κ2) is 4.57. The fourth-order valence-electron chi connectivity index (χ4n) is 1.15. The van der Waals surface area contributed by atoms with Crippen LogP contribution < -0.4 is 11.1 Å². The van der Waals surface area contributed by atoms with E-state index in [4.69, 9.17) is 5.73 Å². The molecule has 1 amide bonds. The molecule has 0 saturated heterocycles. The molecule has 1 aromatic rings. The van der Waals surface area contributed by atoms with Gasteiger partial charge >= 0.3 is 0 Å². The van der Waals surface area contributed by atoms with Gasteiger partial charge in [-0.1, -0.05) is 6.07 Å². The number of nitrogens with two attached hydrogens (primary N) is 1. The van der Waals surface area contributed by atoms with Crippen LogP contribution in [-0.2, 0) is 4.79 Å². The third-order valence-corrected chi connectivity index (χ3v) is 1.89. The molecule has 1 atom stereocenters. The first kappa shape index (κ1) is 9.67. The molecule has 3 N–H and O–H groups in total. The van der Waals surface area contributed by atoms with Crippen LogP contribution in [0.25, 0.3) is 0 Å². The van der Waals surface area contributed by atoms with E-state index in [9.17, 15) is 4.79 Å². The zero-order chi connectivity index (χ0) is 9.68.